The number of amides is 2. The largest absolute Gasteiger partial charge is 0.481 e. The second kappa shape index (κ2) is 5.39. The van der Waals surface area contributed by atoms with Gasteiger partial charge >= 0.3 is 12.0 Å². The van der Waals surface area contributed by atoms with Crippen LogP contribution in [0.3, 0.4) is 0 Å². The van der Waals surface area contributed by atoms with Crippen molar-refractivity contribution in [3.63, 3.8) is 0 Å². The number of hydrogen-bond donors (Lipinski definition) is 1. The average molecular weight is 268 g/mol. The van der Waals surface area contributed by atoms with Crippen molar-refractivity contribution in [3.05, 3.63) is 0 Å². The van der Waals surface area contributed by atoms with Crippen LogP contribution in [0.4, 0.5) is 4.79 Å². The normalized spacial score (nSPS) is 26.5. The predicted octanol–water partition coefficient (Wildman–Crippen LogP) is 2.03. The summed E-state index contributed by atoms with van der Waals surface area (Å²) in [5.41, 5.74) is 0.202. The van der Waals surface area contributed by atoms with Crippen LogP contribution in [-0.2, 0) is 4.79 Å². The maximum absolute atomic E-state index is 12.4. The number of carbonyl (C=O) groups excluding carboxylic acids is 1. The van der Waals surface area contributed by atoms with E-state index in [9.17, 15) is 9.59 Å². The van der Waals surface area contributed by atoms with Gasteiger partial charge in [-0.15, -0.1) is 0 Å². The van der Waals surface area contributed by atoms with Crippen LogP contribution < -0.4 is 0 Å². The van der Waals surface area contributed by atoms with Gasteiger partial charge in [0.15, 0.2) is 0 Å². The van der Waals surface area contributed by atoms with Crippen LogP contribution in [0, 0.1) is 11.3 Å². The maximum atomic E-state index is 12.4. The van der Waals surface area contributed by atoms with Gasteiger partial charge < -0.3 is 14.9 Å². The van der Waals surface area contributed by atoms with Crippen molar-refractivity contribution in [3.8, 4) is 0 Å². The first kappa shape index (κ1) is 14.2. The molecular formula is C14H24N2O3. The predicted molar refractivity (Wildman–Crippen MR) is 71.9 cm³/mol. The monoisotopic (exact) mass is 268 g/mol. The molecular weight excluding hydrogens is 244 g/mol. The van der Waals surface area contributed by atoms with E-state index in [4.69, 9.17) is 5.11 Å². The van der Waals surface area contributed by atoms with Gasteiger partial charge in [0.25, 0.3) is 0 Å². The number of piperidine rings is 1. The number of likely N-dealkylation sites (tertiary alicyclic amines) is 2. The fourth-order valence-corrected chi connectivity index (χ4v) is 3.21. The van der Waals surface area contributed by atoms with Gasteiger partial charge in [-0.2, -0.15) is 0 Å². The van der Waals surface area contributed by atoms with Gasteiger partial charge in [-0.05, 0) is 30.6 Å². The molecule has 19 heavy (non-hydrogen) atoms. The van der Waals surface area contributed by atoms with Gasteiger partial charge in [0, 0.05) is 32.6 Å². The van der Waals surface area contributed by atoms with E-state index in [-0.39, 0.29) is 23.8 Å². The van der Waals surface area contributed by atoms with E-state index in [0.29, 0.717) is 13.1 Å². The second-order valence-corrected chi connectivity index (χ2v) is 6.67. The van der Waals surface area contributed by atoms with Gasteiger partial charge in [-0.1, -0.05) is 13.8 Å². The summed E-state index contributed by atoms with van der Waals surface area (Å²) in [6, 6.07) is 0.0978. The molecule has 2 amide bonds. The summed E-state index contributed by atoms with van der Waals surface area (Å²) in [5, 5.41) is 8.80. The highest BCUT2D eigenvalue weighted by molar-refractivity contribution is 5.75. The third-order valence-corrected chi connectivity index (χ3v) is 4.19. The van der Waals surface area contributed by atoms with Gasteiger partial charge in [0.05, 0.1) is 0 Å². The molecule has 5 nitrogen and oxygen atoms in total. The van der Waals surface area contributed by atoms with E-state index in [1.807, 2.05) is 9.80 Å². The van der Waals surface area contributed by atoms with Crippen LogP contribution in [0.15, 0.2) is 0 Å². The zero-order valence-corrected chi connectivity index (χ0v) is 11.9. The van der Waals surface area contributed by atoms with Crippen LogP contribution in [0.25, 0.3) is 0 Å². The molecule has 0 radical (unpaired) electrons. The first-order valence-electron chi connectivity index (χ1n) is 7.13. The molecule has 2 aliphatic rings. The van der Waals surface area contributed by atoms with E-state index in [1.54, 1.807) is 0 Å². The number of carboxylic acids is 1. The first-order valence-corrected chi connectivity index (χ1v) is 7.13. The van der Waals surface area contributed by atoms with E-state index >= 15 is 0 Å². The van der Waals surface area contributed by atoms with E-state index < -0.39 is 5.97 Å². The summed E-state index contributed by atoms with van der Waals surface area (Å²) in [5.74, 6) is -0.641. The lowest BCUT2D eigenvalue weighted by Gasteiger charge is -2.39. The van der Waals surface area contributed by atoms with E-state index in [1.165, 1.54) is 6.42 Å². The number of aliphatic carboxylic acids is 1. The number of carbonyl (C=O) groups is 2. The average Bonchev–Trinajstić information content (AvgIpc) is 2.74. The molecule has 2 saturated heterocycles. The van der Waals surface area contributed by atoms with Crippen molar-refractivity contribution in [2.75, 3.05) is 26.2 Å². The van der Waals surface area contributed by atoms with Gasteiger partial charge in [-0.25, -0.2) is 4.79 Å². The topological polar surface area (TPSA) is 60.9 Å². The summed E-state index contributed by atoms with van der Waals surface area (Å²) in [6.07, 6.45) is 3.22. The lowest BCUT2D eigenvalue weighted by molar-refractivity contribution is -0.138. The Bertz CT molecular complexity index is 368. The molecule has 1 atom stereocenters. The lowest BCUT2D eigenvalue weighted by atomic mass is 9.84. The van der Waals surface area contributed by atoms with Crippen LogP contribution in [-0.4, -0.2) is 53.1 Å². The molecule has 108 valence electrons. The molecule has 2 rings (SSSR count). The number of hydrogen-bond acceptors (Lipinski definition) is 2. The molecule has 2 aliphatic heterocycles. The molecule has 0 spiro atoms. The molecule has 1 unspecified atom stereocenters. The maximum Gasteiger partial charge on any atom is 0.320 e. The molecule has 0 saturated carbocycles. The van der Waals surface area contributed by atoms with E-state index in [0.717, 1.165) is 25.9 Å². The Labute approximate surface area is 114 Å². The van der Waals surface area contributed by atoms with E-state index in [2.05, 4.69) is 13.8 Å². The second-order valence-electron chi connectivity index (χ2n) is 6.67. The number of carboxylic acid groups (broad SMARTS) is 1. The highest BCUT2D eigenvalue weighted by Gasteiger charge is 2.34. The number of urea groups is 1. The summed E-state index contributed by atoms with van der Waals surface area (Å²) in [6.45, 7) is 7.34. The third-order valence-electron chi connectivity index (χ3n) is 4.19. The van der Waals surface area contributed by atoms with Crippen molar-refractivity contribution in [2.24, 2.45) is 11.3 Å². The highest BCUT2D eigenvalue weighted by Crippen LogP contribution is 2.30. The lowest BCUT2D eigenvalue weighted by Crippen LogP contribution is -2.49. The van der Waals surface area contributed by atoms with Gasteiger partial charge in [0.2, 0.25) is 0 Å². The fraction of sp³-hybridized carbons (Fsp3) is 0.857. The van der Waals surface area contributed by atoms with Gasteiger partial charge in [-0.3, -0.25) is 4.79 Å². The van der Waals surface area contributed by atoms with Crippen LogP contribution in [0.1, 0.15) is 39.5 Å². The highest BCUT2D eigenvalue weighted by atomic mass is 16.4. The van der Waals surface area contributed by atoms with Crippen molar-refractivity contribution >= 4 is 12.0 Å². The Kier molecular flexibility index (Phi) is 4.02. The number of nitrogens with zero attached hydrogens (tertiary/aromatic N) is 2. The van der Waals surface area contributed by atoms with Gasteiger partial charge in [0.1, 0.15) is 0 Å². The zero-order chi connectivity index (χ0) is 14.0. The molecule has 2 heterocycles. The molecule has 0 aromatic rings. The molecule has 2 fully saturated rings. The minimum Gasteiger partial charge on any atom is -0.481 e. The minimum absolute atomic E-state index is 0.0978. The van der Waals surface area contributed by atoms with Crippen molar-refractivity contribution in [1.82, 2.24) is 9.80 Å². The minimum atomic E-state index is -0.765. The standard InChI is InChI=1S/C14H24N2O3/c1-14(2)5-3-6-16(10-14)13(19)15-7-4-11(9-15)8-12(17)18/h11H,3-10H2,1-2H3,(H,17,18). The molecule has 0 aromatic heterocycles. The SMILES string of the molecule is CC1(C)CCCN(C(=O)N2CCC(CC(=O)O)C2)C1. The Morgan fingerprint density at radius 3 is 2.63 bits per heavy atom. The Hall–Kier alpha value is -1.26. The van der Waals surface area contributed by atoms with Crippen molar-refractivity contribution in [1.29, 1.82) is 0 Å². The summed E-state index contributed by atoms with van der Waals surface area (Å²) >= 11 is 0. The van der Waals surface area contributed by atoms with Crippen LogP contribution in [0.5, 0.6) is 0 Å². The van der Waals surface area contributed by atoms with Crippen molar-refractivity contribution in [2.45, 2.75) is 39.5 Å². The van der Waals surface area contributed by atoms with Crippen LogP contribution in [0.2, 0.25) is 0 Å². The van der Waals surface area contributed by atoms with Crippen molar-refractivity contribution < 1.29 is 14.7 Å². The third kappa shape index (κ3) is 3.61. The number of rotatable bonds is 2. The first-order chi connectivity index (χ1) is 8.87. The smallest absolute Gasteiger partial charge is 0.320 e. The van der Waals surface area contributed by atoms with Crippen LogP contribution >= 0.6 is 0 Å². The molecule has 1 N–H and O–H groups in total. The Morgan fingerprint density at radius 1 is 1.26 bits per heavy atom. The Balaban J connectivity index is 1.88. The summed E-state index contributed by atoms with van der Waals surface area (Å²) in [4.78, 5) is 26.9. The Morgan fingerprint density at radius 2 is 2.00 bits per heavy atom. The zero-order valence-electron chi connectivity index (χ0n) is 11.9. The molecule has 5 heteroatoms. The molecule has 0 aromatic carbocycles. The molecule has 0 bridgehead atoms. The quantitative estimate of drug-likeness (QED) is 0.833. The fourth-order valence-electron chi connectivity index (χ4n) is 3.21. The molecule has 0 aliphatic carbocycles. The summed E-state index contributed by atoms with van der Waals surface area (Å²) in [7, 11) is 0. The summed E-state index contributed by atoms with van der Waals surface area (Å²) < 4.78 is 0.